The quantitative estimate of drug-likeness (QED) is 0.0794. The molecule has 0 saturated heterocycles. The Balaban J connectivity index is 0.000000278. The number of imidazole rings is 1. The van der Waals surface area contributed by atoms with Crippen LogP contribution in [0.3, 0.4) is 0 Å². The highest BCUT2D eigenvalue weighted by atomic mass is 28.2. The lowest BCUT2D eigenvalue weighted by Gasteiger charge is -2.37. The minimum Gasteiger partial charge on any atom is -0.326 e. The minimum atomic E-state index is -0.826. The summed E-state index contributed by atoms with van der Waals surface area (Å²) in [6, 6.07) is 50.2. The molecule has 0 N–H and O–H groups in total. The first-order valence-electron chi connectivity index (χ1n) is 18.2. The maximum atomic E-state index is 6.12. The van der Waals surface area contributed by atoms with Gasteiger partial charge in [0.1, 0.15) is 0 Å². The Morgan fingerprint density at radius 1 is 0.612 bits per heavy atom. The van der Waals surface area contributed by atoms with Gasteiger partial charge in [-0.1, -0.05) is 184 Å². The molecule has 1 heterocycles. The van der Waals surface area contributed by atoms with Crippen molar-refractivity contribution in [2.75, 3.05) is 0 Å². The summed E-state index contributed by atoms with van der Waals surface area (Å²) in [4.78, 5) is 4.53. The van der Waals surface area contributed by atoms with E-state index in [-0.39, 0.29) is 11.0 Å². The summed E-state index contributed by atoms with van der Waals surface area (Å²) < 4.78 is 2.39. The van der Waals surface area contributed by atoms with E-state index in [1.54, 1.807) is 0 Å². The van der Waals surface area contributed by atoms with Crippen LogP contribution in [0, 0.1) is 0 Å². The van der Waals surface area contributed by atoms with E-state index < -0.39 is 9.52 Å². The highest BCUT2D eigenvalue weighted by Gasteiger charge is 2.37. The average Bonchev–Trinajstić information content (AvgIpc) is 3.71. The molecular formula is C45H51BN2Si. The van der Waals surface area contributed by atoms with E-state index >= 15 is 0 Å². The van der Waals surface area contributed by atoms with Crippen molar-refractivity contribution in [3.05, 3.63) is 192 Å². The zero-order chi connectivity index (χ0) is 34.2. The van der Waals surface area contributed by atoms with Gasteiger partial charge in [-0.2, -0.15) is 0 Å². The van der Waals surface area contributed by atoms with Crippen LogP contribution < -0.4 is 5.19 Å². The Labute approximate surface area is 298 Å². The van der Waals surface area contributed by atoms with Gasteiger partial charge in [-0.25, -0.2) is 4.98 Å². The molecule has 0 unspecified atom stereocenters. The van der Waals surface area contributed by atoms with Crippen molar-refractivity contribution in [2.45, 2.75) is 76.2 Å². The predicted molar refractivity (Wildman–Crippen MR) is 213 cm³/mol. The van der Waals surface area contributed by atoms with Gasteiger partial charge >= 0.3 is 0 Å². The van der Waals surface area contributed by atoms with Crippen molar-refractivity contribution in [3.63, 3.8) is 0 Å². The van der Waals surface area contributed by atoms with E-state index in [0.717, 1.165) is 24.0 Å². The Morgan fingerprint density at radius 3 is 1.55 bits per heavy atom. The van der Waals surface area contributed by atoms with Crippen molar-refractivity contribution in [3.8, 4) is 0 Å². The maximum absolute atomic E-state index is 6.12. The van der Waals surface area contributed by atoms with Crippen LogP contribution in [-0.2, 0) is 18.0 Å². The molecule has 6 rings (SSSR count). The van der Waals surface area contributed by atoms with Crippen LogP contribution in [0.2, 0.25) is 0 Å². The number of aryl methyl sites for hydroxylation is 2. The third kappa shape index (κ3) is 9.83. The van der Waals surface area contributed by atoms with Gasteiger partial charge in [-0.3, -0.25) is 0 Å². The van der Waals surface area contributed by atoms with Crippen LogP contribution >= 0.6 is 0 Å². The molecule has 49 heavy (non-hydrogen) atoms. The van der Waals surface area contributed by atoms with E-state index in [4.69, 9.17) is 7.85 Å². The van der Waals surface area contributed by atoms with E-state index in [1.807, 2.05) is 48.9 Å². The van der Waals surface area contributed by atoms with Gasteiger partial charge in [0.2, 0.25) is 0 Å². The molecule has 2 radical (unpaired) electrons. The van der Waals surface area contributed by atoms with E-state index in [2.05, 4.69) is 133 Å². The number of hydrogen-bond donors (Lipinski definition) is 0. The van der Waals surface area contributed by atoms with E-state index in [9.17, 15) is 0 Å². The van der Waals surface area contributed by atoms with Gasteiger partial charge in [-0.05, 0) is 64.9 Å². The molecule has 248 valence electrons. The zero-order valence-electron chi connectivity index (χ0n) is 29.4. The third-order valence-electron chi connectivity index (χ3n) is 9.51. The van der Waals surface area contributed by atoms with Gasteiger partial charge in [0.15, 0.2) is 0 Å². The Morgan fingerprint density at radius 2 is 1.10 bits per heavy atom. The van der Waals surface area contributed by atoms with Crippen LogP contribution in [0.25, 0.3) is 0 Å². The first kappa shape index (κ1) is 35.9. The average molecular weight is 659 g/mol. The molecule has 0 bridgehead atoms. The van der Waals surface area contributed by atoms with Crippen LogP contribution in [0.4, 0.5) is 0 Å². The normalized spacial score (nSPS) is 11.5. The minimum absolute atomic E-state index is 0.0163. The third-order valence-corrected chi connectivity index (χ3v) is 12.1. The first-order valence-corrected chi connectivity index (χ1v) is 19.6. The molecule has 5 aromatic carbocycles. The Hall–Kier alpha value is -4.41. The van der Waals surface area contributed by atoms with Crippen molar-refractivity contribution in [1.29, 1.82) is 0 Å². The molecule has 2 nitrogen and oxygen atoms in total. The summed E-state index contributed by atoms with van der Waals surface area (Å²) in [5, 5.41) is 1.24. The lowest BCUT2D eigenvalue weighted by molar-refractivity contribution is 0.594. The van der Waals surface area contributed by atoms with Gasteiger partial charge in [0.05, 0.1) is 28.9 Å². The second kappa shape index (κ2) is 19.0. The largest absolute Gasteiger partial charge is 0.326 e. The van der Waals surface area contributed by atoms with Gasteiger partial charge < -0.3 is 4.57 Å². The summed E-state index contributed by atoms with van der Waals surface area (Å²) in [6.45, 7) is 4.55. The highest BCUT2D eigenvalue weighted by Crippen LogP contribution is 2.35. The fourth-order valence-electron chi connectivity index (χ4n) is 6.78. The van der Waals surface area contributed by atoms with Crippen LogP contribution in [0.1, 0.15) is 91.6 Å². The molecule has 6 aromatic rings. The second-order valence-electron chi connectivity index (χ2n) is 13.1. The molecule has 0 amide bonds. The van der Waals surface area contributed by atoms with E-state index in [0.29, 0.717) is 0 Å². The molecule has 1 aromatic heterocycles. The molecular weight excluding hydrogens is 607 g/mol. The number of hydrogen-bond acceptors (Lipinski definition) is 1. The number of aromatic nitrogens is 2. The fourth-order valence-corrected chi connectivity index (χ4v) is 9.09. The van der Waals surface area contributed by atoms with Crippen LogP contribution in [0.5, 0.6) is 0 Å². The maximum Gasteiger partial charge on any atom is 0.0965 e. The first-order chi connectivity index (χ1) is 24.1. The summed E-state index contributed by atoms with van der Waals surface area (Å²) in [7, 11) is 5.29. The van der Waals surface area contributed by atoms with Crippen LogP contribution in [-0.4, -0.2) is 26.9 Å². The Kier molecular flexibility index (Phi) is 13.9. The lowest BCUT2D eigenvalue weighted by atomic mass is 9.76. The van der Waals surface area contributed by atoms with E-state index in [1.165, 1.54) is 66.0 Å². The highest BCUT2D eigenvalue weighted by molar-refractivity contribution is 6.57. The number of benzene rings is 5. The smallest absolute Gasteiger partial charge is 0.0965 e. The molecule has 0 spiro atoms. The summed E-state index contributed by atoms with van der Waals surface area (Å²) >= 11 is 0. The number of rotatable bonds is 15. The van der Waals surface area contributed by atoms with Crippen molar-refractivity contribution >= 4 is 22.6 Å². The van der Waals surface area contributed by atoms with Gasteiger partial charge in [-0.15, -0.1) is 0 Å². The molecule has 0 saturated carbocycles. The Bertz CT molecular complexity index is 1680. The SMILES string of the molecule is CCCCCc1cccc(C([SiH2]c2ccccc2)(c2cccc(CCCCC)c2)n2ccnc2)c1.[B]C(c1ccccc1)c1ccccc1. The summed E-state index contributed by atoms with van der Waals surface area (Å²) in [5.41, 5.74) is 7.98. The summed E-state index contributed by atoms with van der Waals surface area (Å²) in [5.74, 6) is -0.0163. The van der Waals surface area contributed by atoms with Crippen molar-refractivity contribution in [1.82, 2.24) is 9.55 Å². The fraction of sp³-hybridized carbons (Fsp3) is 0.267. The molecule has 0 aliphatic carbocycles. The van der Waals surface area contributed by atoms with Crippen molar-refractivity contribution in [2.24, 2.45) is 0 Å². The number of unbranched alkanes of at least 4 members (excludes halogenated alkanes) is 4. The molecule has 0 fully saturated rings. The lowest BCUT2D eigenvalue weighted by Crippen LogP contribution is -2.46. The zero-order valence-corrected chi connectivity index (χ0v) is 30.8. The van der Waals surface area contributed by atoms with Crippen LogP contribution in [0.15, 0.2) is 158 Å². The summed E-state index contributed by atoms with van der Waals surface area (Å²) in [6.07, 6.45) is 16.0. The topological polar surface area (TPSA) is 17.8 Å². The molecule has 4 heteroatoms. The van der Waals surface area contributed by atoms with Gasteiger partial charge in [0, 0.05) is 12.4 Å². The van der Waals surface area contributed by atoms with Gasteiger partial charge in [0.25, 0.3) is 0 Å². The predicted octanol–water partition coefficient (Wildman–Crippen LogP) is 9.54. The molecule has 0 atom stereocenters. The molecule has 0 aliphatic heterocycles. The van der Waals surface area contributed by atoms with Crippen molar-refractivity contribution < 1.29 is 0 Å². The monoisotopic (exact) mass is 658 g/mol. The standard InChI is InChI=1S/C32H40N2Si.C13H11B/c1-3-5-8-14-27-16-12-18-29(24-27)32(34-23-22-33-26-34,35-31-20-10-7-11-21-31)30-19-13-17-28(25-30)15-9-6-4-2;14-13(11-7-3-1-4-8-11)12-9-5-2-6-10-12/h7,10-13,16-26H,3-6,8-9,14-15,35H2,1-2H3;1-10,13H. The molecule has 0 aliphatic rings. The second-order valence-corrected chi connectivity index (χ2v) is 15.3. The number of nitrogens with zero attached hydrogens (tertiary/aromatic N) is 2.